The van der Waals surface area contributed by atoms with E-state index in [1.165, 1.54) is 12.3 Å². The van der Waals surface area contributed by atoms with Crippen LogP contribution in [-0.4, -0.2) is 16.2 Å². The van der Waals surface area contributed by atoms with Crippen molar-refractivity contribution in [3.63, 3.8) is 0 Å². The fraction of sp³-hybridized carbons (Fsp3) is 0.545. The number of aliphatic hydroxyl groups excluding tert-OH is 1. The van der Waals surface area contributed by atoms with E-state index in [0.29, 0.717) is 6.42 Å². The zero-order valence-electron chi connectivity index (χ0n) is 8.57. The highest BCUT2D eigenvalue weighted by Gasteiger charge is 2.12. The van der Waals surface area contributed by atoms with E-state index in [2.05, 4.69) is 4.98 Å². The van der Waals surface area contributed by atoms with E-state index < -0.39 is 0 Å². The van der Waals surface area contributed by atoms with Crippen LogP contribution in [0.3, 0.4) is 0 Å². The average molecular weight is 197 g/mol. The van der Waals surface area contributed by atoms with Crippen molar-refractivity contribution in [3.05, 3.63) is 29.8 Å². The average Bonchev–Trinajstić information content (AvgIpc) is 2.16. The van der Waals surface area contributed by atoms with Gasteiger partial charge in [-0.25, -0.2) is 4.39 Å². The van der Waals surface area contributed by atoms with Gasteiger partial charge in [-0.2, -0.15) is 0 Å². The Morgan fingerprint density at radius 1 is 1.50 bits per heavy atom. The molecule has 1 aromatic rings. The third-order valence-corrected chi connectivity index (χ3v) is 2.39. The zero-order valence-corrected chi connectivity index (χ0v) is 8.57. The summed E-state index contributed by atoms with van der Waals surface area (Å²) in [6.45, 7) is 3.89. The van der Waals surface area contributed by atoms with Crippen LogP contribution in [0, 0.1) is 11.7 Å². The smallest absolute Gasteiger partial charge is 0.141 e. The quantitative estimate of drug-likeness (QED) is 0.802. The highest BCUT2D eigenvalue weighted by molar-refractivity contribution is 5.10. The largest absolute Gasteiger partial charge is 0.393 e. The Balaban J connectivity index is 2.60. The number of pyridine rings is 1. The summed E-state index contributed by atoms with van der Waals surface area (Å²) < 4.78 is 12.8. The van der Waals surface area contributed by atoms with Crippen LogP contribution in [-0.2, 0) is 6.42 Å². The second-order valence-electron chi connectivity index (χ2n) is 3.67. The molecule has 0 radical (unpaired) electrons. The van der Waals surface area contributed by atoms with Crippen molar-refractivity contribution in [2.45, 2.75) is 32.8 Å². The number of nitrogens with zero attached hydrogens (tertiary/aromatic N) is 1. The maximum Gasteiger partial charge on any atom is 0.141 e. The first kappa shape index (κ1) is 11.1. The Bertz CT molecular complexity index is 290. The minimum absolute atomic E-state index is 0.142. The van der Waals surface area contributed by atoms with E-state index in [1.54, 1.807) is 6.20 Å². The summed E-state index contributed by atoms with van der Waals surface area (Å²) in [5.74, 6) is -0.177. The van der Waals surface area contributed by atoms with E-state index >= 15 is 0 Å². The second kappa shape index (κ2) is 5.05. The van der Waals surface area contributed by atoms with Crippen LogP contribution in [0.15, 0.2) is 18.5 Å². The third-order valence-electron chi connectivity index (χ3n) is 2.39. The first-order valence-electron chi connectivity index (χ1n) is 4.91. The predicted molar refractivity (Wildman–Crippen MR) is 53.4 cm³/mol. The lowest BCUT2D eigenvalue weighted by Gasteiger charge is -2.16. The van der Waals surface area contributed by atoms with E-state index in [-0.39, 0.29) is 17.8 Å². The van der Waals surface area contributed by atoms with Crippen LogP contribution in [0.5, 0.6) is 0 Å². The molecule has 0 aliphatic carbocycles. The van der Waals surface area contributed by atoms with Gasteiger partial charge in [0.15, 0.2) is 0 Å². The molecule has 0 aromatic carbocycles. The SMILES string of the molecule is CCC(O)C(C)Cc1cncc(F)c1. The number of aliphatic hydroxyl groups is 1. The van der Waals surface area contributed by atoms with Gasteiger partial charge in [-0.15, -0.1) is 0 Å². The van der Waals surface area contributed by atoms with Gasteiger partial charge in [-0.3, -0.25) is 4.98 Å². The molecule has 2 unspecified atom stereocenters. The van der Waals surface area contributed by atoms with Crippen molar-refractivity contribution in [3.8, 4) is 0 Å². The molecule has 1 N–H and O–H groups in total. The van der Waals surface area contributed by atoms with Crippen LogP contribution < -0.4 is 0 Å². The third kappa shape index (κ3) is 3.07. The highest BCUT2D eigenvalue weighted by atomic mass is 19.1. The summed E-state index contributed by atoms with van der Waals surface area (Å²) >= 11 is 0. The van der Waals surface area contributed by atoms with Crippen LogP contribution in [0.4, 0.5) is 4.39 Å². The van der Waals surface area contributed by atoms with E-state index in [0.717, 1.165) is 12.0 Å². The summed E-state index contributed by atoms with van der Waals surface area (Å²) in [6.07, 6.45) is 3.90. The maximum absolute atomic E-state index is 12.8. The Morgan fingerprint density at radius 3 is 2.79 bits per heavy atom. The molecule has 0 saturated carbocycles. The van der Waals surface area contributed by atoms with Crippen molar-refractivity contribution >= 4 is 0 Å². The number of hydrogen-bond donors (Lipinski definition) is 1. The number of rotatable bonds is 4. The molecule has 1 rings (SSSR count). The molecule has 2 nitrogen and oxygen atoms in total. The molecule has 0 aliphatic rings. The fourth-order valence-electron chi connectivity index (χ4n) is 1.48. The number of hydrogen-bond acceptors (Lipinski definition) is 2. The van der Waals surface area contributed by atoms with E-state index in [9.17, 15) is 9.50 Å². The van der Waals surface area contributed by atoms with Crippen molar-refractivity contribution in [2.75, 3.05) is 0 Å². The lowest BCUT2D eigenvalue weighted by molar-refractivity contribution is 0.112. The first-order chi connectivity index (χ1) is 6.63. The van der Waals surface area contributed by atoms with Crippen LogP contribution >= 0.6 is 0 Å². The molecule has 0 fully saturated rings. The number of halogens is 1. The van der Waals surface area contributed by atoms with Crippen molar-refractivity contribution < 1.29 is 9.50 Å². The van der Waals surface area contributed by atoms with Crippen molar-refractivity contribution in [2.24, 2.45) is 5.92 Å². The van der Waals surface area contributed by atoms with E-state index in [1.807, 2.05) is 13.8 Å². The van der Waals surface area contributed by atoms with Gasteiger partial charge in [-0.1, -0.05) is 13.8 Å². The predicted octanol–water partition coefficient (Wildman–Crippen LogP) is 2.17. The van der Waals surface area contributed by atoms with Crippen molar-refractivity contribution in [1.29, 1.82) is 0 Å². The standard InChI is InChI=1S/C11H16FNO/c1-3-11(14)8(2)4-9-5-10(12)7-13-6-9/h5-8,11,14H,3-4H2,1-2H3. The Labute approximate surface area is 83.8 Å². The Morgan fingerprint density at radius 2 is 2.21 bits per heavy atom. The monoisotopic (exact) mass is 197 g/mol. The van der Waals surface area contributed by atoms with Gasteiger partial charge in [0.25, 0.3) is 0 Å². The topological polar surface area (TPSA) is 33.1 Å². The minimum atomic E-state index is -0.321. The molecule has 3 heteroatoms. The summed E-state index contributed by atoms with van der Waals surface area (Å²) in [6, 6.07) is 1.46. The summed E-state index contributed by atoms with van der Waals surface area (Å²) in [5, 5.41) is 9.54. The van der Waals surface area contributed by atoms with Gasteiger partial charge in [-0.05, 0) is 30.4 Å². The summed E-state index contributed by atoms with van der Waals surface area (Å²) in [4.78, 5) is 3.77. The molecule has 0 amide bonds. The molecular formula is C11H16FNO. The molecule has 0 aliphatic heterocycles. The lowest BCUT2D eigenvalue weighted by Crippen LogP contribution is -2.18. The minimum Gasteiger partial charge on any atom is -0.393 e. The lowest BCUT2D eigenvalue weighted by atomic mass is 9.95. The molecule has 0 saturated heterocycles. The van der Waals surface area contributed by atoms with Crippen LogP contribution in [0.1, 0.15) is 25.8 Å². The van der Waals surface area contributed by atoms with Gasteiger partial charge < -0.3 is 5.11 Å². The Kier molecular flexibility index (Phi) is 4.01. The Hall–Kier alpha value is -0.960. The molecule has 1 heterocycles. The molecule has 1 aromatic heterocycles. The second-order valence-corrected chi connectivity index (χ2v) is 3.67. The van der Waals surface area contributed by atoms with Gasteiger partial charge in [0, 0.05) is 6.20 Å². The summed E-state index contributed by atoms with van der Waals surface area (Å²) in [7, 11) is 0. The molecule has 0 bridgehead atoms. The molecule has 0 spiro atoms. The maximum atomic E-state index is 12.8. The van der Waals surface area contributed by atoms with Gasteiger partial charge >= 0.3 is 0 Å². The molecular weight excluding hydrogens is 181 g/mol. The number of aromatic nitrogens is 1. The zero-order chi connectivity index (χ0) is 10.6. The van der Waals surface area contributed by atoms with Crippen molar-refractivity contribution in [1.82, 2.24) is 4.98 Å². The van der Waals surface area contributed by atoms with Gasteiger partial charge in [0.1, 0.15) is 5.82 Å². The first-order valence-corrected chi connectivity index (χ1v) is 4.91. The molecule has 14 heavy (non-hydrogen) atoms. The normalized spacial score (nSPS) is 15.1. The van der Waals surface area contributed by atoms with E-state index in [4.69, 9.17) is 0 Å². The molecule has 78 valence electrons. The van der Waals surface area contributed by atoms with Gasteiger partial charge in [0.2, 0.25) is 0 Å². The van der Waals surface area contributed by atoms with Crippen LogP contribution in [0.25, 0.3) is 0 Å². The highest BCUT2D eigenvalue weighted by Crippen LogP contribution is 2.14. The fourth-order valence-corrected chi connectivity index (χ4v) is 1.48. The van der Waals surface area contributed by atoms with Crippen LogP contribution in [0.2, 0.25) is 0 Å². The van der Waals surface area contributed by atoms with Gasteiger partial charge in [0.05, 0.1) is 12.3 Å². The summed E-state index contributed by atoms with van der Waals surface area (Å²) in [5.41, 5.74) is 0.838. The molecule has 2 atom stereocenters.